The number of ether oxygens (including phenoxy) is 2. The molecule has 4 heteroatoms. The Bertz CT molecular complexity index is 464. The summed E-state index contributed by atoms with van der Waals surface area (Å²) in [6, 6.07) is 5.17. The molecule has 0 N–H and O–H groups in total. The molecule has 2 rings (SSSR count). The molecule has 1 saturated carbocycles. The molecule has 0 saturated heterocycles. The van der Waals surface area contributed by atoms with Crippen LogP contribution >= 0.6 is 0 Å². The molecule has 1 aromatic rings. The first-order chi connectivity index (χ1) is 8.72. The zero-order chi connectivity index (χ0) is 13.0. The topological polar surface area (TPSA) is 35.5 Å². The average Bonchev–Trinajstić information content (AvgIpc) is 3.20. The fourth-order valence-electron chi connectivity index (χ4n) is 1.70. The largest absolute Gasteiger partial charge is 0.486 e. The summed E-state index contributed by atoms with van der Waals surface area (Å²) in [5.41, 5.74) is 0.726. The van der Waals surface area contributed by atoms with Crippen LogP contribution in [0.3, 0.4) is 0 Å². The van der Waals surface area contributed by atoms with Crippen molar-refractivity contribution in [3.05, 3.63) is 41.7 Å². The summed E-state index contributed by atoms with van der Waals surface area (Å²) >= 11 is 0. The number of rotatable bonds is 5. The molecule has 1 fully saturated rings. The van der Waals surface area contributed by atoms with Gasteiger partial charge in [-0.2, -0.15) is 0 Å². The molecule has 1 aromatic carbocycles. The Labute approximate surface area is 105 Å². The van der Waals surface area contributed by atoms with Gasteiger partial charge in [-0.25, -0.2) is 9.18 Å². The highest BCUT2D eigenvalue weighted by Gasteiger charge is 2.27. The van der Waals surface area contributed by atoms with Crippen molar-refractivity contribution in [2.45, 2.75) is 18.8 Å². The second-order valence-electron chi connectivity index (χ2n) is 4.17. The summed E-state index contributed by atoms with van der Waals surface area (Å²) in [4.78, 5) is 10.8. The summed E-state index contributed by atoms with van der Waals surface area (Å²) in [6.45, 7) is 0.139. The molecule has 18 heavy (non-hydrogen) atoms. The Morgan fingerprint density at radius 2 is 2.28 bits per heavy atom. The van der Waals surface area contributed by atoms with Gasteiger partial charge in [0.25, 0.3) is 0 Å². The van der Waals surface area contributed by atoms with Crippen LogP contribution in [0.25, 0.3) is 0 Å². The van der Waals surface area contributed by atoms with Gasteiger partial charge in [0, 0.05) is 6.08 Å². The number of halogens is 1. The van der Waals surface area contributed by atoms with Crippen LogP contribution in [-0.2, 0) is 9.53 Å². The van der Waals surface area contributed by atoms with Gasteiger partial charge in [-0.1, -0.05) is 12.1 Å². The standard InChI is InChI=1S/C14H15FO3/c1-17-13(16)6-3-9-18-12-5-2-4-11(14(12)15)10-7-8-10/h2-6,10H,7-9H2,1H3/b6-3+. The zero-order valence-electron chi connectivity index (χ0n) is 10.2. The van der Waals surface area contributed by atoms with E-state index in [-0.39, 0.29) is 18.2 Å². The van der Waals surface area contributed by atoms with E-state index in [0.717, 1.165) is 18.4 Å². The van der Waals surface area contributed by atoms with Crippen LogP contribution in [-0.4, -0.2) is 19.7 Å². The summed E-state index contributed by atoms with van der Waals surface area (Å²) in [6.07, 6.45) is 4.84. The predicted octanol–water partition coefficient (Wildman–Crippen LogP) is 2.81. The maximum absolute atomic E-state index is 14.0. The van der Waals surface area contributed by atoms with E-state index < -0.39 is 5.97 Å². The van der Waals surface area contributed by atoms with E-state index in [4.69, 9.17) is 4.74 Å². The Morgan fingerprint density at radius 1 is 1.50 bits per heavy atom. The Morgan fingerprint density at radius 3 is 2.94 bits per heavy atom. The highest BCUT2D eigenvalue weighted by molar-refractivity contribution is 5.81. The molecule has 96 valence electrons. The highest BCUT2D eigenvalue weighted by atomic mass is 19.1. The summed E-state index contributed by atoms with van der Waals surface area (Å²) in [5, 5.41) is 0. The first-order valence-electron chi connectivity index (χ1n) is 5.88. The second-order valence-corrected chi connectivity index (χ2v) is 4.17. The summed E-state index contributed by atoms with van der Waals surface area (Å²) in [7, 11) is 1.30. The number of hydrogen-bond acceptors (Lipinski definition) is 3. The third kappa shape index (κ3) is 3.09. The molecule has 0 radical (unpaired) electrons. The normalized spacial score (nSPS) is 14.8. The number of carbonyl (C=O) groups is 1. The van der Waals surface area contributed by atoms with Crippen molar-refractivity contribution in [3.8, 4) is 5.75 Å². The SMILES string of the molecule is COC(=O)/C=C/COc1cccc(C2CC2)c1F. The van der Waals surface area contributed by atoms with E-state index in [2.05, 4.69) is 4.74 Å². The summed E-state index contributed by atoms with van der Waals surface area (Å²) < 4.78 is 23.7. The van der Waals surface area contributed by atoms with E-state index in [1.807, 2.05) is 0 Å². The van der Waals surface area contributed by atoms with Crippen LogP contribution in [0.15, 0.2) is 30.4 Å². The molecule has 0 amide bonds. The third-order valence-corrected chi connectivity index (χ3v) is 2.80. The number of hydrogen-bond donors (Lipinski definition) is 0. The third-order valence-electron chi connectivity index (χ3n) is 2.80. The molecule has 0 unspecified atom stereocenters. The number of esters is 1. The van der Waals surface area contributed by atoms with Crippen LogP contribution in [0, 0.1) is 5.82 Å². The minimum atomic E-state index is -0.453. The van der Waals surface area contributed by atoms with Crippen molar-refractivity contribution >= 4 is 5.97 Å². The molecular weight excluding hydrogens is 235 g/mol. The van der Waals surface area contributed by atoms with Crippen molar-refractivity contribution in [1.82, 2.24) is 0 Å². The lowest BCUT2D eigenvalue weighted by Crippen LogP contribution is -2.00. The van der Waals surface area contributed by atoms with Crippen LogP contribution in [0.5, 0.6) is 5.75 Å². The van der Waals surface area contributed by atoms with Crippen molar-refractivity contribution in [2.75, 3.05) is 13.7 Å². The number of benzene rings is 1. The van der Waals surface area contributed by atoms with Crippen molar-refractivity contribution in [3.63, 3.8) is 0 Å². The van der Waals surface area contributed by atoms with Crippen molar-refractivity contribution in [1.29, 1.82) is 0 Å². The predicted molar refractivity (Wildman–Crippen MR) is 65.0 cm³/mol. The molecular formula is C14H15FO3. The molecule has 0 spiro atoms. The van der Waals surface area contributed by atoms with Crippen LogP contribution in [0.1, 0.15) is 24.3 Å². The smallest absolute Gasteiger partial charge is 0.330 e. The highest BCUT2D eigenvalue weighted by Crippen LogP contribution is 2.42. The average molecular weight is 250 g/mol. The Balaban J connectivity index is 1.95. The van der Waals surface area contributed by atoms with Gasteiger partial charge in [-0.3, -0.25) is 0 Å². The van der Waals surface area contributed by atoms with Gasteiger partial charge in [-0.15, -0.1) is 0 Å². The minimum Gasteiger partial charge on any atom is -0.486 e. The molecule has 0 atom stereocenters. The fraction of sp³-hybridized carbons (Fsp3) is 0.357. The molecule has 0 aliphatic heterocycles. The fourth-order valence-corrected chi connectivity index (χ4v) is 1.70. The monoisotopic (exact) mass is 250 g/mol. The Hall–Kier alpha value is -1.84. The molecule has 0 aromatic heterocycles. The van der Waals surface area contributed by atoms with E-state index >= 15 is 0 Å². The van der Waals surface area contributed by atoms with E-state index in [1.54, 1.807) is 18.2 Å². The first kappa shape index (κ1) is 12.6. The summed E-state index contributed by atoms with van der Waals surface area (Å²) in [5.74, 6) is -0.162. The molecule has 1 aliphatic rings. The van der Waals surface area contributed by atoms with Gasteiger partial charge in [0.1, 0.15) is 6.61 Å². The lowest BCUT2D eigenvalue weighted by atomic mass is 10.1. The molecule has 0 bridgehead atoms. The zero-order valence-corrected chi connectivity index (χ0v) is 10.2. The molecule has 0 heterocycles. The van der Waals surface area contributed by atoms with E-state index in [9.17, 15) is 9.18 Å². The quantitative estimate of drug-likeness (QED) is 0.595. The van der Waals surface area contributed by atoms with Gasteiger partial charge in [0.2, 0.25) is 0 Å². The number of carbonyl (C=O) groups excluding carboxylic acids is 1. The van der Waals surface area contributed by atoms with Gasteiger partial charge >= 0.3 is 5.97 Å². The van der Waals surface area contributed by atoms with Crippen molar-refractivity contribution < 1.29 is 18.7 Å². The van der Waals surface area contributed by atoms with Crippen molar-refractivity contribution in [2.24, 2.45) is 0 Å². The van der Waals surface area contributed by atoms with Crippen LogP contribution in [0.2, 0.25) is 0 Å². The van der Waals surface area contributed by atoms with Crippen LogP contribution in [0.4, 0.5) is 4.39 Å². The maximum atomic E-state index is 14.0. The maximum Gasteiger partial charge on any atom is 0.330 e. The van der Waals surface area contributed by atoms with Gasteiger partial charge < -0.3 is 9.47 Å². The minimum absolute atomic E-state index is 0.139. The van der Waals surface area contributed by atoms with Gasteiger partial charge in [-0.05, 0) is 36.5 Å². The van der Waals surface area contributed by atoms with E-state index in [1.165, 1.54) is 19.3 Å². The van der Waals surface area contributed by atoms with Gasteiger partial charge in [0.15, 0.2) is 11.6 Å². The van der Waals surface area contributed by atoms with Gasteiger partial charge in [0.05, 0.1) is 7.11 Å². The van der Waals surface area contributed by atoms with Crippen LogP contribution < -0.4 is 4.74 Å². The first-order valence-corrected chi connectivity index (χ1v) is 5.88. The second kappa shape index (κ2) is 5.67. The van der Waals surface area contributed by atoms with E-state index in [0.29, 0.717) is 5.92 Å². The molecule has 1 aliphatic carbocycles. The molecule has 3 nitrogen and oxygen atoms in total. The number of methoxy groups -OCH3 is 1. The Kier molecular flexibility index (Phi) is 3.97. The lowest BCUT2D eigenvalue weighted by molar-refractivity contribution is -0.134. The lowest BCUT2D eigenvalue weighted by Gasteiger charge is -2.07.